The quantitative estimate of drug-likeness (QED) is 0.775. The topological polar surface area (TPSA) is 41.0 Å². The van der Waals surface area contributed by atoms with E-state index in [1.54, 1.807) is 6.33 Å². The number of anilines is 2. The molecule has 0 saturated heterocycles. The maximum Gasteiger partial charge on any atom is 0.133 e. The Morgan fingerprint density at radius 3 is 2.79 bits per heavy atom. The minimum Gasteiger partial charge on any atom is -0.370 e. The summed E-state index contributed by atoms with van der Waals surface area (Å²) in [5.41, 5.74) is 0. The molecule has 0 bridgehead atoms. The van der Waals surface area contributed by atoms with Crippen molar-refractivity contribution < 1.29 is 0 Å². The molecule has 0 amide bonds. The number of aromatic nitrogens is 2. The first kappa shape index (κ1) is 10.8. The molecule has 0 aliphatic rings. The van der Waals surface area contributed by atoms with Crippen LogP contribution in [0.25, 0.3) is 0 Å². The predicted molar refractivity (Wildman–Crippen MR) is 59.8 cm³/mol. The number of rotatable bonds is 5. The average Bonchev–Trinajstić information content (AvgIpc) is 2.25. The van der Waals surface area contributed by atoms with Crippen LogP contribution in [0.4, 0.5) is 11.6 Å². The highest BCUT2D eigenvalue weighted by Crippen LogP contribution is 2.11. The van der Waals surface area contributed by atoms with Crippen LogP contribution in [0, 0.1) is 0 Å². The summed E-state index contributed by atoms with van der Waals surface area (Å²) in [6, 6.07) is 1.97. The second-order valence-electron chi connectivity index (χ2n) is 3.20. The van der Waals surface area contributed by atoms with Gasteiger partial charge >= 0.3 is 0 Å². The lowest BCUT2D eigenvalue weighted by Gasteiger charge is -2.15. The van der Waals surface area contributed by atoms with Crippen molar-refractivity contribution in [2.45, 2.75) is 20.3 Å². The van der Waals surface area contributed by atoms with Gasteiger partial charge in [0.2, 0.25) is 0 Å². The zero-order valence-electron chi connectivity index (χ0n) is 9.12. The van der Waals surface area contributed by atoms with E-state index in [2.05, 4.69) is 34.0 Å². The molecule has 1 heterocycles. The largest absolute Gasteiger partial charge is 0.370 e. The fourth-order valence-corrected chi connectivity index (χ4v) is 1.07. The maximum absolute atomic E-state index is 4.19. The van der Waals surface area contributed by atoms with Crippen LogP contribution < -0.4 is 10.2 Å². The molecule has 0 aromatic carbocycles. The first-order valence-corrected chi connectivity index (χ1v) is 5.05. The summed E-state index contributed by atoms with van der Waals surface area (Å²) in [4.78, 5) is 10.4. The highest BCUT2D eigenvalue weighted by molar-refractivity contribution is 5.47. The fourth-order valence-electron chi connectivity index (χ4n) is 1.07. The molecule has 0 aliphatic heterocycles. The highest BCUT2D eigenvalue weighted by Gasteiger charge is 2.01. The van der Waals surface area contributed by atoms with Crippen LogP contribution in [0.5, 0.6) is 0 Å². The van der Waals surface area contributed by atoms with E-state index >= 15 is 0 Å². The second-order valence-corrected chi connectivity index (χ2v) is 3.20. The van der Waals surface area contributed by atoms with Crippen LogP contribution >= 0.6 is 0 Å². The molecule has 1 rings (SSSR count). The van der Waals surface area contributed by atoms with Crippen molar-refractivity contribution in [2.24, 2.45) is 0 Å². The van der Waals surface area contributed by atoms with Gasteiger partial charge in [0.05, 0.1) is 0 Å². The molecular weight excluding hydrogens is 176 g/mol. The van der Waals surface area contributed by atoms with Gasteiger partial charge in [-0.3, -0.25) is 0 Å². The molecule has 0 saturated carbocycles. The van der Waals surface area contributed by atoms with Crippen LogP contribution in [-0.2, 0) is 0 Å². The molecule has 78 valence electrons. The van der Waals surface area contributed by atoms with Gasteiger partial charge in [0, 0.05) is 26.2 Å². The Kier molecular flexibility index (Phi) is 4.16. The van der Waals surface area contributed by atoms with Crippen molar-refractivity contribution in [2.75, 3.05) is 30.4 Å². The zero-order valence-corrected chi connectivity index (χ0v) is 9.12. The minimum atomic E-state index is 0.900. The van der Waals surface area contributed by atoms with E-state index in [-0.39, 0.29) is 0 Å². The van der Waals surface area contributed by atoms with Crippen molar-refractivity contribution in [3.8, 4) is 0 Å². The Morgan fingerprint density at radius 1 is 1.36 bits per heavy atom. The number of nitrogens with one attached hydrogen (secondary N) is 1. The van der Waals surface area contributed by atoms with Gasteiger partial charge in [-0.15, -0.1) is 0 Å². The molecule has 0 fully saturated rings. The Morgan fingerprint density at radius 2 is 2.14 bits per heavy atom. The van der Waals surface area contributed by atoms with E-state index in [9.17, 15) is 0 Å². The monoisotopic (exact) mass is 194 g/mol. The second kappa shape index (κ2) is 5.42. The molecule has 0 atom stereocenters. The molecule has 14 heavy (non-hydrogen) atoms. The lowest BCUT2D eigenvalue weighted by Crippen LogP contribution is -2.17. The molecule has 1 N–H and O–H groups in total. The summed E-state index contributed by atoms with van der Waals surface area (Å²) in [6.45, 7) is 6.13. The lowest BCUT2D eigenvalue weighted by molar-refractivity contribution is 0.921. The molecule has 0 aliphatic carbocycles. The van der Waals surface area contributed by atoms with E-state index in [0.717, 1.165) is 31.1 Å². The third-order valence-corrected chi connectivity index (χ3v) is 2.07. The average molecular weight is 194 g/mol. The van der Waals surface area contributed by atoms with E-state index in [1.165, 1.54) is 0 Å². The van der Waals surface area contributed by atoms with E-state index in [0.29, 0.717) is 0 Å². The summed E-state index contributed by atoms with van der Waals surface area (Å²) in [5, 5.41) is 3.24. The van der Waals surface area contributed by atoms with Gasteiger partial charge in [0.15, 0.2) is 0 Å². The van der Waals surface area contributed by atoms with Gasteiger partial charge in [0.25, 0.3) is 0 Å². The first-order valence-electron chi connectivity index (χ1n) is 5.05. The van der Waals surface area contributed by atoms with Gasteiger partial charge in [-0.1, -0.05) is 6.92 Å². The Bertz CT molecular complexity index is 275. The molecule has 1 aromatic rings. The van der Waals surface area contributed by atoms with Crippen LogP contribution in [0.15, 0.2) is 12.4 Å². The summed E-state index contributed by atoms with van der Waals surface area (Å²) < 4.78 is 0. The van der Waals surface area contributed by atoms with Gasteiger partial charge in [-0.25, -0.2) is 9.97 Å². The van der Waals surface area contributed by atoms with Crippen LogP contribution in [0.1, 0.15) is 20.3 Å². The third-order valence-electron chi connectivity index (χ3n) is 2.07. The van der Waals surface area contributed by atoms with Gasteiger partial charge in [0.1, 0.15) is 18.0 Å². The molecule has 0 radical (unpaired) electrons. The van der Waals surface area contributed by atoms with E-state index in [1.807, 2.05) is 13.1 Å². The Labute approximate surface area is 85.4 Å². The number of hydrogen-bond donors (Lipinski definition) is 1. The summed E-state index contributed by atoms with van der Waals surface area (Å²) in [6.07, 6.45) is 2.70. The molecule has 1 aromatic heterocycles. The third kappa shape index (κ3) is 2.87. The number of nitrogens with zero attached hydrogens (tertiary/aromatic N) is 3. The van der Waals surface area contributed by atoms with Crippen molar-refractivity contribution in [3.05, 3.63) is 12.4 Å². The van der Waals surface area contributed by atoms with Crippen molar-refractivity contribution in [1.29, 1.82) is 0 Å². The lowest BCUT2D eigenvalue weighted by atomic mass is 10.4. The molecule has 4 nitrogen and oxygen atoms in total. The summed E-state index contributed by atoms with van der Waals surface area (Å²) in [5.74, 6) is 1.86. The Hall–Kier alpha value is -1.32. The normalized spacial score (nSPS) is 9.93. The molecule has 0 unspecified atom stereocenters. The smallest absolute Gasteiger partial charge is 0.133 e. The molecular formula is C10H18N4. The van der Waals surface area contributed by atoms with Crippen LogP contribution in [-0.4, -0.2) is 30.1 Å². The standard InChI is InChI=1S/C10H18N4/c1-4-6-11-9-7-10(13-8-12-9)14(3)5-2/h7-8H,4-6H2,1-3H3,(H,11,12,13). The molecule has 0 spiro atoms. The van der Waals surface area contributed by atoms with Gasteiger partial charge in [-0.2, -0.15) is 0 Å². The van der Waals surface area contributed by atoms with E-state index in [4.69, 9.17) is 0 Å². The van der Waals surface area contributed by atoms with Crippen molar-refractivity contribution in [1.82, 2.24) is 9.97 Å². The maximum atomic E-state index is 4.19. The Balaban J connectivity index is 2.68. The minimum absolute atomic E-state index is 0.900. The SMILES string of the molecule is CCCNc1cc(N(C)CC)ncn1. The highest BCUT2D eigenvalue weighted by atomic mass is 15.2. The van der Waals surface area contributed by atoms with Crippen molar-refractivity contribution in [3.63, 3.8) is 0 Å². The number of hydrogen-bond acceptors (Lipinski definition) is 4. The predicted octanol–water partition coefficient (Wildman–Crippen LogP) is 1.75. The van der Waals surface area contributed by atoms with Gasteiger partial charge in [-0.05, 0) is 13.3 Å². The molecule has 4 heteroatoms. The van der Waals surface area contributed by atoms with Crippen LogP contribution in [0.3, 0.4) is 0 Å². The van der Waals surface area contributed by atoms with Crippen molar-refractivity contribution >= 4 is 11.6 Å². The fraction of sp³-hybridized carbons (Fsp3) is 0.600. The zero-order chi connectivity index (χ0) is 10.4. The van der Waals surface area contributed by atoms with Gasteiger partial charge < -0.3 is 10.2 Å². The van der Waals surface area contributed by atoms with E-state index < -0.39 is 0 Å². The first-order chi connectivity index (χ1) is 6.77. The summed E-state index contributed by atoms with van der Waals surface area (Å²) >= 11 is 0. The summed E-state index contributed by atoms with van der Waals surface area (Å²) in [7, 11) is 2.02. The van der Waals surface area contributed by atoms with Crippen LogP contribution in [0.2, 0.25) is 0 Å².